The number of nitrogens with one attached hydrogen (secondary N) is 2. The van der Waals surface area contributed by atoms with Crippen LogP contribution in [0.3, 0.4) is 0 Å². The number of hydrazine groups is 1. The molecule has 0 saturated carbocycles. The number of aromatic nitrogens is 2. The van der Waals surface area contributed by atoms with Crippen molar-refractivity contribution < 1.29 is 0 Å². The third-order valence-corrected chi connectivity index (χ3v) is 1.76. The van der Waals surface area contributed by atoms with E-state index >= 15 is 0 Å². The average Bonchev–Trinajstić information content (AvgIpc) is 2.54. The van der Waals surface area contributed by atoms with Gasteiger partial charge < -0.3 is 5.73 Å². The van der Waals surface area contributed by atoms with Crippen molar-refractivity contribution in [3.63, 3.8) is 0 Å². The van der Waals surface area contributed by atoms with Crippen molar-refractivity contribution in [1.29, 1.82) is 0 Å². The van der Waals surface area contributed by atoms with E-state index in [1.807, 2.05) is 0 Å². The quantitative estimate of drug-likeness (QED) is 0.296. The molecule has 5 heteroatoms. The maximum atomic E-state index is 5.63. The minimum Gasteiger partial charge on any atom is -0.384 e. The Balaban J connectivity index is 2.76. The number of nitrogens with two attached hydrogens (primary N) is 2. The zero-order chi connectivity index (χ0) is 9.68. The zero-order valence-corrected chi connectivity index (χ0v) is 7.46. The lowest BCUT2D eigenvalue weighted by atomic mass is 10.1. The first-order valence-electron chi connectivity index (χ1n) is 3.94. The van der Waals surface area contributed by atoms with Gasteiger partial charge in [0.05, 0.1) is 12.2 Å². The smallest absolute Gasteiger partial charge is 0.123 e. The van der Waals surface area contributed by atoms with Gasteiger partial charge in [-0.15, -0.1) is 11.8 Å². The second-order valence-corrected chi connectivity index (χ2v) is 2.59. The molecule has 1 heterocycles. The topological polar surface area (TPSA) is 92.7 Å². The van der Waals surface area contributed by atoms with Crippen molar-refractivity contribution in [1.82, 2.24) is 15.6 Å². The van der Waals surface area contributed by atoms with Crippen LogP contribution in [0.5, 0.6) is 0 Å². The van der Waals surface area contributed by atoms with Crippen molar-refractivity contribution in [3.05, 3.63) is 11.8 Å². The number of H-pyrrole nitrogens is 1. The minimum atomic E-state index is -0.0637. The van der Waals surface area contributed by atoms with Crippen LogP contribution >= 0.6 is 0 Å². The molecule has 0 radical (unpaired) electrons. The molecule has 1 unspecified atom stereocenters. The Morgan fingerprint density at radius 1 is 1.77 bits per heavy atom. The SMILES string of the molecule is CC#CCC(NN)c1cn[nH]c1N. The largest absolute Gasteiger partial charge is 0.384 e. The first kappa shape index (κ1) is 9.58. The molecule has 0 aliphatic rings. The molecule has 0 saturated heterocycles. The van der Waals surface area contributed by atoms with Gasteiger partial charge in [0.2, 0.25) is 0 Å². The van der Waals surface area contributed by atoms with Gasteiger partial charge in [-0.25, -0.2) is 0 Å². The molecule has 0 spiro atoms. The van der Waals surface area contributed by atoms with E-state index in [0.717, 1.165) is 5.56 Å². The molecule has 1 rings (SSSR count). The maximum Gasteiger partial charge on any atom is 0.123 e. The van der Waals surface area contributed by atoms with Crippen LogP contribution in [0.15, 0.2) is 6.20 Å². The summed E-state index contributed by atoms with van der Waals surface area (Å²) in [6, 6.07) is -0.0637. The predicted octanol–water partition coefficient (Wildman–Crippen LogP) is -0.0903. The number of rotatable bonds is 3. The van der Waals surface area contributed by atoms with Gasteiger partial charge in [-0.2, -0.15) is 5.10 Å². The second kappa shape index (κ2) is 4.50. The lowest BCUT2D eigenvalue weighted by molar-refractivity contribution is 0.569. The Hall–Kier alpha value is -1.51. The summed E-state index contributed by atoms with van der Waals surface area (Å²) in [6.45, 7) is 1.78. The standard InChI is InChI=1S/C8H13N5/c1-2-3-4-7(12-10)6-5-11-13-8(6)9/h5,7,12H,4,10H2,1H3,(H3,9,11,13). The molecule has 0 fully saturated rings. The first-order chi connectivity index (χ1) is 6.29. The highest BCUT2D eigenvalue weighted by Gasteiger charge is 2.12. The van der Waals surface area contributed by atoms with E-state index in [4.69, 9.17) is 11.6 Å². The number of aromatic amines is 1. The van der Waals surface area contributed by atoms with Gasteiger partial charge >= 0.3 is 0 Å². The van der Waals surface area contributed by atoms with Gasteiger partial charge in [0.1, 0.15) is 5.82 Å². The summed E-state index contributed by atoms with van der Waals surface area (Å²) in [5.41, 5.74) is 9.12. The van der Waals surface area contributed by atoms with Crippen LogP contribution in [0.1, 0.15) is 24.9 Å². The number of hydrogen-bond donors (Lipinski definition) is 4. The highest BCUT2D eigenvalue weighted by Crippen LogP contribution is 2.19. The van der Waals surface area contributed by atoms with Crippen LogP contribution in [0.2, 0.25) is 0 Å². The van der Waals surface area contributed by atoms with Crippen LogP contribution in [-0.2, 0) is 0 Å². The molecule has 0 bridgehead atoms. The monoisotopic (exact) mass is 179 g/mol. The van der Waals surface area contributed by atoms with Crippen LogP contribution in [-0.4, -0.2) is 10.2 Å². The summed E-state index contributed by atoms with van der Waals surface area (Å²) in [7, 11) is 0. The van der Waals surface area contributed by atoms with Crippen LogP contribution in [0.4, 0.5) is 5.82 Å². The van der Waals surface area contributed by atoms with Crippen molar-refractivity contribution in [2.45, 2.75) is 19.4 Å². The van der Waals surface area contributed by atoms with Gasteiger partial charge in [0.15, 0.2) is 0 Å². The number of nitrogens with zero attached hydrogens (tertiary/aromatic N) is 1. The average molecular weight is 179 g/mol. The fourth-order valence-electron chi connectivity index (χ4n) is 1.05. The van der Waals surface area contributed by atoms with E-state index in [-0.39, 0.29) is 6.04 Å². The van der Waals surface area contributed by atoms with E-state index in [0.29, 0.717) is 12.2 Å². The van der Waals surface area contributed by atoms with Gasteiger partial charge in [0.25, 0.3) is 0 Å². The lowest BCUT2D eigenvalue weighted by Gasteiger charge is -2.10. The first-order valence-corrected chi connectivity index (χ1v) is 3.94. The zero-order valence-electron chi connectivity index (χ0n) is 7.46. The summed E-state index contributed by atoms with van der Waals surface area (Å²) in [4.78, 5) is 0. The molecule has 1 atom stereocenters. The number of nitrogen functional groups attached to an aromatic ring is 1. The van der Waals surface area contributed by atoms with E-state index in [2.05, 4.69) is 27.5 Å². The minimum absolute atomic E-state index is 0.0637. The molecule has 70 valence electrons. The summed E-state index contributed by atoms with van der Waals surface area (Å²) in [6.07, 6.45) is 2.27. The summed E-state index contributed by atoms with van der Waals surface area (Å²) >= 11 is 0. The van der Waals surface area contributed by atoms with Gasteiger partial charge in [-0.3, -0.25) is 16.4 Å². The fourth-order valence-corrected chi connectivity index (χ4v) is 1.05. The predicted molar refractivity (Wildman–Crippen MR) is 51.1 cm³/mol. The molecular formula is C8H13N5. The second-order valence-electron chi connectivity index (χ2n) is 2.59. The van der Waals surface area contributed by atoms with Crippen molar-refractivity contribution >= 4 is 5.82 Å². The Kier molecular flexibility index (Phi) is 3.31. The Morgan fingerprint density at radius 3 is 3.00 bits per heavy atom. The van der Waals surface area contributed by atoms with Gasteiger partial charge in [-0.05, 0) is 6.92 Å². The van der Waals surface area contributed by atoms with Crippen LogP contribution in [0, 0.1) is 11.8 Å². The van der Waals surface area contributed by atoms with Crippen molar-refractivity contribution in [2.75, 3.05) is 5.73 Å². The molecule has 5 nitrogen and oxygen atoms in total. The third kappa shape index (κ3) is 2.21. The molecule has 13 heavy (non-hydrogen) atoms. The molecule has 0 aliphatic carbocycles. The lowest BCUT2D eigenvalue weighted by Crippen LogP contribution is -2.28. The fraction of sp³-hybridized carbons (Fsp3) is 0.375. The van der Waals surface area contributed by atoms with E-state index in [9.17, 15) is 0 Å². The Bertz CT molecular complexity index is 319. The highest BCUT2D eigenvalue weighted by molar-refractivity contribution is 5.39. The Labute approximate surface area is 76.9 Å². The van der Waals surface area contributed by atoms with E-state index < -0.39 is 0 Å². The molecule has 0 aliphatic heterocycles. The number of hydrogen-bond acceptors (Lipinski definition) is 4. The van der Waals surface area contributed by atoms with Crippen LogP contribution in [0.25, 0.3) is 0 Å². The third-order valence-electron chi connectivity index (χ3n) is 1.76. The molecule has 0 amide bonds. The molecule has 6 N–H and O–H groups in total. The van der Waals surface area contributed by atoms with E-state index in [1.54, 1.807) is 13.1 Å². The normalized spacial score (nSPS) is 11.8. The number of anilines is 1. The van der Waals surface area contributed by atoms with Gasteiger partial charge in [-0.1, -0.05) is 0 Å². The molecular weight excluding hydrogens is 166 g/mol. The van der Waals surface area contributed by atoms with Crippen molar-refractivity contribution in [3.8, 4) is 11.8 Å². The molecule has 1 aromatic rings. The molecule has 1 aromatic heterocycles. The summed E-state index contributed by atoms with van der Waals surface area (Å²) < 4.78 is 0. The van der Waals surface area contributed by atoms with Crippen molar-refractivity contribution in [2.24, 2.45) is 5.84 Å². The highest BCUT2D eigenvalue weighted by atomic mass is 15.2. The van der Waals surface area contributed by atoms with Gasteiger partial charge in [0, 0.05) is 12.0 Å². The van der Waals surface area contributed by atoms with Crippen LogP contribution < -0.4 is 17.0 Å². The maximum absolute atomic E-state index is 5.63. The molecule has 0 aromatic carbocycles. The Morgan fingerprint density at radius 2 is 2.54 bits per heavy atom. The summed E-state index contributed by atoms with van der Waals surface area (Å²) in [5, 5.41) is 6.45. The summed E-state index contributed by atoms with van der Waals surface area (Å²) in [5.74, 6) is 11.6. The van der Waals surface area contributed by atoms with E-state index in [1.165, 1.54) is 0 Å².